The van der Waals surface area contributed by atoms with E-state index >= 15 is 0 Å². The molecule has 0 aromatic heterocycles. The molecule has 0 aliphatic rings. The third kappa shape index (κ3) is 5.11. The molecule has 1 atom stereocenters. The van der Waals surface area contributed by atoms with Gasteiger partial charge in [-0.15, -0.1) is 0 Å². The normalized spacial score (nSPS) is 13.1. The van der Waals surface area contributed by atoms with Crippen molar-refractivity contribution in [2.24, 2.45) is 11.7 Å². The van der Waals surface area contributed by atoms with E-state index in [0.717, 1.165) is 12.8 Å². The van der Waals surface area contributed by atoms with Crippen LogP contribution in [0.1, 0.15) is 33.6 Å². The first-order valence-corrected chi connectivity index (χ1v) is 5.65. The molecule has 0 saturated heterocycles. The van der Waals surface area contributed by atoms with Crippen molar-refractivity contribution in [1.82, 2.24) is 4.90 Å². The van der Waals surface area contributed by atoms with Gasteiger partial charge in [-0.2, -0.15) is 0 Å². The van der Waals surface area contributed by atoms with Gasteiger partial charge in [-0.3, -0.25) is 14.5 Å². The van der Waals surface area contributed by atoms with Gasteiger partial charge in [-0.05, 0) is 18.9 Å². The molecule has 1 unspecified atom stereocenters. The molecule has 5 heteroatoms. The molecular formula is C11H22N2O3. The minimum atomic E-state index is -0.896. The maximum Gasteiger partial charge on any atom is 0.321 e. The lowest BCUT2D eigenvalue weighted by Gasteiger charge is -2.30. The molecule has 94 valence electrons. The summed E-state index contributed by atoms with van der Waals surface area (Å²) in [4.78, 5) is 23.7. The zero-order chi connectivity index (χ0) is 12.7. The summed E-state index contributed by atoms with van der Waals surface area (Å²) in [7, 11) is 0. The van der Waals surface area contributed by atoms with Crippen LogP contribution in [0.3, 0.4) is 0 Å². The van der Waals surface area contributed by atoms with Crippen LogP contribution >= 0.6 is 0 Å². The number of hydrogen-bond acceptors (Lipinski definition) is 3. The highest BCUT2D eigenvalue weighted by atomic mass is 16.4. The number of nitrogens with zero attached hydrogens (tertiary/aromatic N) is 1. The molecule has 16 heavy (non-hydrogen) atoms. The van der Waals surface area contributed by atoms with Crippen molar-refractivity contribution in [3.8, 4) is 0 Å². The Bertz CT molecular complexity index is 241. The lowest BCUT2D eigenvalue weighted by atomic mass is 10.0. The quantitative estimate of drug-likeness (QED) is 0.642. The molecule has 0 bridgehead atoms. The smallest absolute Gasteiger partial charge is 0.321 e. The third-order valence-electron chi connectivity index (χ3n) is 2.44. The number of nitrogens with two attached hydrogens (primary N) is 1. The Labute approximate surface area is 96.6 Å². The number of carbonyl (C=O) groups excluding carboxylic acids is 1. The number of rotatable bonds is 8. The first-order valence-electron chi connectivity index (χ1n) is 5.65. The van der Waals surface area contributed by atoms with E-state index in [2.05, 4.69) is 0 Å². The zero-order valence-electron chi connectivity index (χ0n) is 10.3. The Morgan fingerprint density at radius 1 is 1.38 bits per heavy atom. The highest BCUT2D eigenvalue weighted by Gasteiger charge is 2.29. The largest absolute Gasteiger partial charge is 0.480 e. The molecule has 0 aromatic rings. The number of amides is 1. The molecule has 0 aliphatic carbocycles. The first-order chi connectivity index (χ1) is 7.40. The Hall–Kier alpha value is -1.10. The molecule has 0 heterocycles. The molecule has 0 rings (SSSR count). The van der Waals surface area contributed by atoms with Crippen molar-refractivity contribution in [2.75, 3.05) is 13.1 Å². The molecule has 3 N–H and O–H groups in total. The molecule has 0 aliphatic heterocycles. The van der Waals surface area contributed by atoms with Gasteiger partial charge in [-0.1, -0.05) is 27.2 Å². The molecule has 0 saturated carbocycles. The number of primary amides is 1. The second-order valence-corrected chi connectivity index (χ2v) is 4.32. The van der Waals surface area contributed by atoms with Crippen molar-refractivity contribution >= 4 is 11.9 Å². The summed E-state index contributed by atoms with van der Waals surface area (Å²) in [6.45, 7) is 6.29. The van der Waals surface area contributed by atoms with Gasteiger partial charge in [-0.25, -0.2) is 0 Å². The molecule has 0 radical (unpaired) electrons. The highest BCUT2D eigenvalue weighted by molar-refractivity contribution is 5.78. The summed E-state index contributed by atoms with van der Waals surface area (Å²) in [5, 5.41) is 9.13. The predicted octanol–water partition coefficient (Wildman–Crippen LogP) is 0.683. The lowest BCUT2D eigenvalue weighted by molar-refractivity contribution is -0.145. The van der Waals surface area contributed by atoms with Crippen LogP contribution in [0, 0.1) is 5.92 Å². The van der Waals surface area contributed by atoms with Crippen LogP contribution in [0.5, 0.6) is 0 Å². The first kappa shape index (κ1) is 14.9. The molecular weight excluding hydrogens is 208 g/mol. The summed E-state index contributed by atoms with van der Waals surface area (Å²) < 4.78 is 0. The Morgan fingerprint density at radius 2 is 1.94 bits per heavy atom. The Balaban J connectivity index is 4.66. The number of hydrogen-bond donors (Lipinski definition) is 2. The van der Waals surface area contributed by atoms with Gasteiger partial charge in [0.05, 0.1) is 6.54 Å². The predicted molar refractivity (Wildman–Crippen MR) is 61.9 cm³/mol. The molecule has 5 nitrogen and oxygen atoms in total. The molecule has 1 amide bonds. The number of unbranched alkanes of at least 4 members (excludes halogenated alkanes) is 1. The average Bonchev–Trinajstić information content (AvgIpc) is 2.11. The van der Waals surface area contributed by atoms with Gasteiger partial charge in [0.2, 0.25) is 5.91 Å². The van der Waals surface area contributed by atoms with Gasteiger partial charge in [0.25, 0.3) is 0 Å². The summed E-state index contributed by atoms with van der Waals surface area (Å²) in [6.07, 6.45) is 1.82. The van der Waals surface area contributed by atoms with E-state index in [4.69, 9.17) is 10.8 Å². The number of carbonyl (C=O) groups is 2. The van der Waals surface area contributed by atoms with Crippen LogP contribution in [0.4, 0.5) is 0 Å². The summed E-state index contributed by atoms with van der Waals surface area (Å²) >= 11 is 0. The van der Waals surface area contributed by atoms with Crippen LogP contribution in [0.2, 0.25) is 0 Å². The fourth-order valence-electron chi connectivity index (χ4n) is 1.74. The molecule has 0 aromatic carbocycles. The van der Waals surface area contributed by atoms with Crippen LogP contribution < -0.4 is 5.73 Å². The summed E-state index contributed by atoms with van der Waals surface area (Å²) in [6, 6.07) is -0.640. The van der Waals surface area contributed by atoms with Crippen LogP contribution in [0.25, 0.3) is 0 Å². The zero-order valence-corrected chi connectivity index (χ0v) is 10.3. The molecule has 0 spiro atoms. The standard InChI is InChI=1S/C11H22N2O3/c1-4-5-6-13(7-9(12)14)10(8(2)3)11(15)16/h8,10H,4-7H2,1-3H3,(H2,12,14)(H,15,16). The SMILES string of the molecule is CCCCN(CC(N)=O)C(C(=O)O)C(C)C. The average molecular weight is 230 g/mol. The Morgan fingerprint density at radius 3 is 2.25 bits per heavy atom. The van der Waals surface area contributed by atoms with Gasteiger partial charge in [0.1, 0.15) is 6.04 Å². The summed E-state index contributed by atoms with van der Waals surface area (Å²) in [5.74, 6) is -1.43. The highest BCUT2D eigenvalue weighted by Crippen LogP contribution is 2.12. The van der Waals surface area contributed by atoms with Gasteiger partial charge in [0.15, 0.2) is 0 Å². The Kier molecular flexibility index (Phi) is 6.72. The fraction of sp³-hybridized carbons (Fsp3) is 0.818. The number of carboxylic acid groups (broad SMARTS) is 1. The molecule has 0 fully saturated rings. The van der Waals surface area contributed by atoms with Crippen molar-refractivity contribution in [3.63, 3.8) is 0 Å². The maximum absolute atomic E-state index is 11.1. The second-order valence-electron chi connectivity index (χ2n) is 4.32. The van der Waals surface area contributed by atoms with Crippen molar-refractivity contribution in [1.29, 1.82) is 0 Å². The third-order valence-corrected chi connectivity index (χ3v) is 2.44. The number of carboxylic acids is 1. The van der Waals surface area contributed by atoms with Crippen LogP contribution in [-0.2, 0) is 9.59 Å². The van der Waals surface area contributed by atoms with Crippen molar-refractivity contribution < 1.29 is 14.7 Å². The summed E-state index contributed by atoms with van der Waals surface area (Å²) in [5.41, 5.74) is 5.13. The fourth-order valence-corrected chi connectivity index (χ4v) is 1.74. The minimum Gasteiger partial charge on any atom is -0.480 e. The topological polar surface area (TPSA) is 83.6 Å². The van der Waals surface area contributed by atoms with Crippen molar-refractivity contribution in [2.45, 2.75) is 39.7 Å². The van der Waals surface area contributed by atoms with E-state index in [1.54, 1.807) is 4.90 Å². The van der Waals surface area contributed by atoms with Gasteiger partial charge >= 0.3 is 5.97 Å². The van der Waals surface area contributed by atoms with E-state index < -0.39 is 17.9 Å². The van der Waals surface area contributed by atoms with E-state index in [9.17, 15) is 9.59 Å². The van der Waals surface area contributed by atoms with Gasteiger partial charge < -0.3 is 10.8 Å². The number of aliphatic carboxylic acids is 1. The van der Waals surface area contributed by atoms with Gasteiger partial charge in [0, 0.05) is 0 Å². The van der Waals surface area contributed by atoms with E-state index in [1.165, 1.54) is 0 Å². The van der Waals surface area contributed by atoms with E-state index in [0.29, 0.717) is 6.54 Å². The minimum absolute atomic E-state index is 0.00907. The lowest BCUT2D eigenvalue weighted by Crippen LogP contribution is -2.48. The maximum atomic E-state index is 11.1. The van der Waals surface area contributed by atoms with Crippen LogP contribution in [-0.4, -0.2) is 41.0 Å². The van der Waals surface area contributed by atoms with Crippen molar-refractivity contribution in [3.05, 3.63) is 0 Å². The monoisotopic (exact) mass is 230 g/mol. The second kappa shape index (κ2) is 7.22. The van der Waals surface area contributed by atoms with E-state index in [1.807, 2.05) is 20.8 Å². The van der Waals surface area contributed by atoms with Crippen LogP contribution in [0.15, 0.2) is 0 Å². The van der Waals surface area contributed by atoms with E-state index in [-0.39, 0.29) is 12.5 Å².